The lowest BCUT2D eigenvalue weighted by atomic mass is 10.2. The molecule has 7 heteroatoms. The number of benzene rings is 1. The van der Waals surface area contributed by atoms with Crippen LogP contribution in [-0.4, -0.2) is 31.7 Å². The first-order chi connectivity index (χ1) is 12.9. The van der Waals surface area contributed by atoms with E-state index in [-0.39, 0.29) is 12.1 Å². The SMILES string of the molecule is COc1cc(C(=O)O[C@H](C)C(=O)NCc2ccco2)ccc1OCC(C)C. The highest BCUT2D eigenvalue weighted by Crippen LogP contribution is 2.29. The van der Waals surface area contributed by atoms with Gasteiger partial charge in [0.05, 0.1) is 32.1 Å². The summed E-state index contributed by atoms with van der Waals surface area (Å²) in [4.78, 5) is 24.4. The van der Waals surface area contributed by atoms with Crippen molar-refractivity contribution in [2.45, 2.75) is 33.4 Å². The minimum Gasteiger partial charge on any atom is -0.493 e. The number of amides is 1. The maximum absolute atomic E-state index is 12.3. The van der Waals surface area contributed by atoms with Crippen molar-refractivity contribution in [3.8, 4) is 11.5 Å². The zero-order chi connectivity index (χ0) is 19.8. The summed E-state index contributed by atoms with van der Waals surface area (Å²) in [6.07, 6.45) is 0.572. The first-order valence-electron chi connectivity index (χ1n) is 8.72. The summed E-state index contributed by atoms with van der Waals surface area (Å²) in [6.45, 7) is 6.34. The molecule has 1 aromatic heterocycles. The van der Waals surface area contributed by atoms with Crippen LogP contribution >= 0.6 is 0 Å². The second-order valence-electron chi connectivity index (χ2n) is 6.42. The minimum absolute atomic E-state index is 0.226. The third-order valence-corrected chi connectivity index (χ3v) is 3.64. The van der Waals surface area contributed by atoms with Gasteiger partial charge in [0.2, 0.25) is 0 Å². The molecule has 2 aromatic rings. The fraction of sp³-hybridized carbons (Fsp3) is 0.400. The lowest BCUT2D eigenvalue weighted by Crippen LogP contribution is -2.35. The van der Waals surface area contributed by atoms with Crippen LogP contribution in [0.3, 0.4) is 0 Å². The molecule has 7 nitrogen and oxygen atoms in total. The third-order valence-electron chi connectivity index (χ3n) is 3.64. The van der Waals surface area contributed by atoms with E-state index in [0.29, 0.717) is 29.8 Å². The van der Waals surface area contributed by atoms with Crippen LogP contribution in [0.2, 0.25) is 0 Å². The molecule has 27 heavy (non-hydrogen) atoms. The number of carbonyl (C=O) groups excluding carboxylic acids is 2. The number of ether oxygens (including phenoxy) is 3. The Balaban J connectivity index is 1.94. The average Bonchev–Trinajstić information content (AvgIpc) is 3.17. The minimum atomic E-state index is -0.949. The van der Waals surface area contributed by atoms with E-state index in [2.05, 4.69) is 5.32 Å². The standard InChI is InChI=1S/C20H25NO6/c1-13(2)12-26-17-8-7-15(10-18(17)24-4)20(23)27-14(3)19(22)21-11-16-6-5-9-25-16/h5-10,13-14H,11-12H2,1-4H3,(H,21,22)/t14-/m1/s1. The van der Waals surface area contributed by atoms with E-state index in [1.165, 1.54) is 26.4 Å². The van der Waals surface area contributed by atoms with Crippen molar-refractivity contribution in [3.63, 3.8) is 0 Å². The fourth-order valence-corrected chi connectivity index (χ4v) is 2.18. The van der Waals surface area contributed by atoms with Gasteiger partial charge < -0.3 is 23.9 Å². The molecule has 1 aromatic carbocycles. The van der Waals surface area contributed by atoms with Crippen molar-refractivity contribution >= 4 is 11.9 Å². The Kier molecular flexibility index (Phi) is 7.28. The molecular weight excluding hydrogens is 350 g/mol. The first-order valence-corrected chi connectivity index (χ1v) is 8.72. The summed E-state index contributed by atoms with van der Waals surface area (Å²) in [5.74, 6) is 0.920. The van der Waals surface area contributed by atoms with Gasteiger partial charge in [0.15, 0.2) is 17.6 Å². The van der Waals surface area contributed by atoms with Crippen molar-refractivity contribution in [1.82, 2.24) is 5.32 Å². The van der Waals surface area contributed by atoms with Gasteiger partial charge in [-0.05, 0) is 43.2 Å². The molecule has 1 atom stereocenters. The monoisotopic (exact) mass is 375 g/mol. The first kappa shape index (κ1) is 20.4. The molecule has 0 aliphatic heterocycles. The van der Waals surface area contributed by atoms with E-state index in [1.54, 1.807) is 24.3 Å². The molecule has 0 saturated carbocycles. The number of hydrogen-bond donors (Lipinski definition) is 1. The molecule has 146 valence electrons. The summed E-state index contributed by atoms with van der Waals surface area (Å²) < 4.78 is 21.3. The normalized spacial score (nSPS) is 11.7. The predicted octanol–water partition coefficient (Wildman–Crippen LogP) is 3.18. The van der Waals surface area contributed by atoms with Crippen LogP contribution in [0, 0.1) is 5.92 Å². The molecule has 1 amide bonds. The van der Waals surface area contributed by atoms with E-state index in [9.17, 15) is 9.59 Å². The summed E-state index contributed by atoms with van der Waals surface area (Å²) in [5, 5.41) is 2.65. The molecule has 1 heterocycles. The zero-order valence-corrected chi connectivity index (χ0v) is 16.0. The quantitative estimate of drug-likeness (QED) is 0.678. The molecule has 0 aliphatic rings. The Labute approximate surface area is 158 Å². The topological polar surface area (TPSA) is 87.0 Å². The van der Waals surface area contributed by atoms with Crippen LogP contribution < -0.4 is 14.8 Å². The number of rotatable bonds is 9. The third kappa shape index (κ3) is 6.06. The van der Waals surface area contributed by atoms with Crippen molar-refractivity contribution in [3.05, 3.63) is 47.9 Å². The van der Waals surface area contributed by atoms with Gasteiger partial charge in [-0.2, -0.15) is 0 Å². The van der Waals surface area contributed by atoms with Crippen molar-refractivity contribution in [2.24, 2.45) is 5.92 Å². The molecule has 1 N–H and O–H groups in total. The van der Waals surface area contributed by atoms with Crippen molar-refractivity contribution in [2.75, 3.05) is 13.7 Å². The van der Waals surface area contributed by atoms with Crippen LogP contribution in [0.5, 0.6) is 11.5 Å². The van der Waals surface area contributed by atoms with E-state index in [0.717, 1.165) is 0 Å². The van der Waals surface area contributed by atoms with Gasteiger partial charge >= 0.3 is 5.97 Å². The number of furan rings is 1. The molecule has 0 spiro atoms. The van der Waals surface area contributed by atoms with Gasteiger partial charge in [-0.1, -0.05) is 13.8 Å². The molecule has 0 radical (unpaired) electrons. The lowest BCUT2D eigenvalue weighted by molar-refractivity contribution is -0.129. The molecule has 2 rings (SSSR count). The van der Waals surface area contributed by atoms with E-state index in [1.807, 2.05) is 13.8 Å². The van der Waals surface area contributed by atoms with Crippen LogP contribution in [0.25, 0.3) is 0 Å². The van der Waals surface area contributed by atoms with Crippen LogP contribution in [0.1, 0.15) is 36.9 Å². The van der Waals surface area contributed by atoms with E-state index >= 15 is 0 Å². The van der Waals surface area contributed by atoms with Gasteiger partial charge in [0, 0.05) is 0 Å². The fourth-order valence-electron chi connectivity index (χ4n) is 2.18. The van der Waals surface area contributed by atoms with Crippen LogP contribution in [0.15, 0.2) is 41.0 Å². The highest BCUT2D eigenvalue weighted by molar-refractivity contribution is 5.92. The second-order valence-corrected chi connectivity index (χ2v) is 6.42. The summed E-state index contributed by atoms with van der Waals surface area (Å²) in [7, 11) is 1.50. The Bertz CT molecular complexity index is 754. The van der Waals surface area contributed by atoms with Crippen molar-refractivity contribution in [1.29, 1.82) is 0 Å². The summed E-state index contributed by atoms with van der Waals surface area (Å²) in [5.41, 5.74) is 0.273. The maximum atomic E-state index is 12.3. The van der Waals surface area contributed by atoms with Gasteiger partial charge in [0.25, 0.3) is 5.91 Å². The lowest BCUT2D eigenvalue weighted by Gasteiger charge is -2.15. The predicted molar refractivity (Wildman–Crippen MR) is 98.8 cm³/mol. The highest BCUT2D eigenvalue weighted by atomic mass is 16.5. The Morgan fingerprint density at radius 1 is 1.15 bits per heavy atom. The molecule has 0 fully saturated rings. The largest absolute Gasteiger partial charge is 0.493 e. The van der Waals surface area contributed by atoms with Crippen molar-refractivity contribution < 1.29 is 28.2 Å². The number of hydrogen-bond acceptors (Lipinski definition) is 6. The Hall–Kier alpha value is -2.96. The van der Waals surface area contributed by atoms with Gasteiger partial charge in [-0.3, -0.25) is 4.79 Å². The van der Waals surface area contributed by atoms with Gasteiger partial charge in [0.1, 0.15) is 5.76 Å². The molecule has 0 aliphatic carbocycles. The summed E-state index contributed by atoms with van der Waals surface area (Å²) in [6, 6.07) is 8.23. The molecule has 0 bridgehead atoms. The average molecular weight is 375 g/mol. The number of esters is 1. The smallest absolute Gasteiger partial charge is 0.339 e. The number of carbonyl (C=O) groups is 2. The number of methoxy groups -OCH3 is 1. The van der Waals surface area contributed by atoms with E-state index < -0.39 is 18.0 Å². The molecule has 0 unspecified atom stereocenters. The van der Waals surface area contributed by atoms with Gasteiger partial charge in [-0.25, -0.2) is 4.79 Å². The van der Waals surface area contributed by atoms with E-state index in [4.69, 9.17) is 18.6 Å². The zero-order valence-electron chi connectivity index (χ0n) is 16.0. The van der Waals surface area contributed by atoms with Gasteiger partial charge in [-0.15, -0.1) is 0 Å². The molecule has 0 saturated heterocycles. The Morgan fingerprint density at radius 2 is 1.93 bits per heavy atom. The van der Waals surface area contributed by atoms with Crippen LogP contribution in [0.4, 0.5) is 0 Å². The maximum Gasteiger partial charge on any atom is 0.339 e. The highest BCUT2D eigenvalue weighted by Gasteiger charge is 2.20. The Morgan fingerprint density at radius 3 is 2.56 bits per heavy atom. The summed E-state index contributed by atoms with van der Waals surface area (Å²) >= 11 is 0. The molecular formula is C20H25NO6. The number of nitrogens with one attached hydrogen (secondary N) is 1. The second kappa shape index (κ2) is 9.66. The van der Waals surface area contributed by atoms with Crippen LogP contribution in [-0.2, 0) is 16.1 Å².